The maximum absolute atomic E-state index is 12.4. The van der Waals surface area contributed by atoms with Crippen LogP contribution in [0.4, 0.5) is 5.69 Å². The van der Waals surface area contributed by atoms with E-state index in [0.717, 1.165) is 0 Å². The van der Waals surface area contributed by atoms with Gasteiger partial charge in [0, 0.05) is 6.07 Å². The van der Waals surface area contributed by atoms with Crippen LogP contribution < -0.4 is 19.5 Å². The van der Waals surface area contributed by atoms with Crippen molar-refractivity contribution in [2.75, 3.05) is 26.1 Å². The fourth-order valence-corrected chi connectivity index (χ4v) is 2.38. The molecule has 0 heterocycles. The number of hydrogen-bond donors (Lipinski definition) is 1. The summed E-state index contributed by atoms with van der Waals surface area (Å²) in [5, 5.41) is 2.69. The predicted octanol–water partition coefficient (Wildman–Crippen LogP) is 3.92. The van der Waals surface area contributed by atoms with E-state index in [1.54, 1.807) is 42.5 Å². The first-order valence-corrected chi connectivity index (χ1v) is 9.30. The Morgan fingerprint density at radius 2 is 1.59 bits per heavy atom. The lowest BCUT2D eigenvalue weighted by atomic mass is 10.2. The van der Waals surface area contributed by atoms with Crippen LogP contribution in [0.3, 0.4) is 0 Å². The van der Waals surface area contributed by atoms with Gasteiger partial charge in [0.2, 0.25) is 0 Å². The SMILES string of the molecule is COc1ccc(OC)c(NC(=O)C(C)OC(=O)c2ccc(OCC(C)C)cc2)c1. The number of amides is 1. The first kappa shape index (κ1) is 22.1. The number of benzene rings is 2. The van der Waals surface area contributed by atoms with Gasteiger partial charge in [-0.3, -0.25) is 4.79 Å². The molecule has 0 aliphatic carbocycles. The topological polar surface area (TPSA) is 83.1 Å². The highest BCUT2D eigenvalue weighted by atomic mass is 16.5. The Bertz CT molecular complexity index is 832. The maximum Gasteiger partial charge on any atom is 0.338 e. The Hall–Kier alpha value is -3.22. The zero-order chi connectivity index (χ0) is 21.4. The highest BCUT2D eigenvalue weighted by Crippen LogP contribution is 2.29. The molecule has 0 saturated carbocycles. The van der Waals surface area contributed by atoms with Gasteiger partial charge in [-0.25, -0.2) is 4.79 Å². The van der Waals surface area contributed by atoms with E-state index < -0.39 is 18.0 Å². The normalized spacial score (nSPS) is 11.5. The van der Waals surface area contributed by atoms with Crippen LogP contribution in [0.5, 0.6) is 17.2 Å². The molecule has 0 aliphatic rings. The van der Waals surface area contributed by atoms with Crippen LogP contribution in [0.25, 0.3) is 0 Å². The minimum absolute atomic E-state index is 0.334. The van der Waals surface area contributed by atoms with Crippen molar-refractivity contribution in [3.05, 3.63) is 48.0 Å². The van der Waals surface area contributed by atoms with Gasteiger partial charge in [0.25, 0.3) is 5.91 Å². The van der Waals surface area contributed by atoms with Gasteiger partial charge in [0.15, 0.2) is 6.10 Å². The Balaban J connectivity index is 1.98. The Morgan fingerprint density at radius 1 is 0.931 bits per heavy atom. The number of ether oxygens (including phenoxy) is 4. The highest BCUT2D eigenvalue weighted by molar-refractivity contribution is 5.98. The second kappa shape index (κ2) is 10.4. The zero-order valence-electron chi connectivity index (χ0n) is 17.4. The summed E-state index contributed by atoms with van der Waals surface area (Å²) in [5.41, 5.74) is 0.756. The number of carbonyl (C=O) groups excluding carboxylic acids is 2. The Morgan fingerprint density at radius 3 is 2.17 bits per heavy atom. The van der Waals surface area contributed by atoms with Crippen molar-refractivity contribution in [2.45, 2.75) is 26.9 Å². The van der Waals surface area contributed by atoms with Gasteiger partial charge in [-0.1, -0.05) is 13.8 Å². The molecule has 1 N–H and O–H groups in total. The van der Waals surface area contributed by atoms with Crippen LogP contribution in [0, 0.1) is 5.92 Å². The third-order valence-electron chi connectivity index (χ3n) is 3.99. The molecule has 7 nitrogen and oxygen atoms in total. The molecule has 1 unspecified atom stereocenters. The number of hydrogen-bond acceptors (Lipinski definition) is 6. The third-order valence-corrected chi connectivity index (χ3v) is 3.99. The number of carbonyl (C=O) groups is 2. The standard InChI is InChI=1S/C22H27NO6/c1-14(2)13-28-17-8-6-16(7-9-17)22(25)29-15(3)21(24)23-19-12-18(26-4)10-11-20(19)27-5/h6-12,14-15H,13H2,1-5H3,(H,23,24). The van der Waals surface area contributed by atoms with Crippen LogP contribution in [0.15, 0.2) is 42.5 Å². The average Bonchev–Trinajstić information content (AvgIpc) is 2.72. The van der Waals surface area contributed by atoms with Crippen molar-refractivity contribution in [3.63, 3.8) is 0 Å². The number of anilines is 1. The molecule has 0 bridgehead atoms. The molecule has 29 heavy (non-hydrogen) atoms. The van der Waals surface area contributed by atoms with Gasteiger partial charge < -0.3 is 24.3 Å². The van der Waals surface area contributed by atoms with Crippen LogP contribution in [0.1, 0.15) is 31.1 Å². The summed E-state index contributed by atoms with van der Waals surface area (Å²) in [7, 11) is 3.02. The van der Waals surface area contributed by atoms with Crippen LogP contribution in [0.2, 0.25) is 0 Å². The van der Waals surface area contributed by atoms with Crippen molar-refractivity contribution in [1.82, 2.24) is 0 Å². The Kier molecular flexibility index (Phi) is 7.88. The molecule has 7 heteroatoms. The third kappa shape index (κ3) is 6.41. The molecular formula is C22H27NO6. The summed E-state index contributed by atoms with van der Waals surface area (Å²) in [6.45, 7) is 6.20. The molecule has 1 amide bonds. The van der Waals surface area contributed by atoms with E-state index >= 15 is 0 Å². The van der Waals surface area contributed by atoms with Gasteiger partial charge in [0.05, 0.1) is 32.1 Å². The fourth-order valence-electron chi connectivity index (χ4n) is 2.38. The van der Waals surface area contributed by atoms with Crippen molar-refractivity contribution >= 4 is 17.6 Å². The number of esters is 1. The molecule has 0 aliphatic heterocycles. The van der Waals surface area contributed by atoms with Crippen LogP contribution in [-0.2, 0) is 9.53 Å². The van der Waals surface area contributed by atoms with E-state index in [2.05, 4.69) is 19.2 Å². The lowest BCUT2D eigenvalue weighted by Crippen LogP contribution is -2.30. The molecule has 0 spiro atoms. The molecule has 0 radical (unpaired) electrons. The zero-order valence-corrected chi connectivity index (χ0v) is 17.4. The summed E-state index contributed by atoms with van der Waals surface area (Å²) in [5.74, 6) is 1.02. The summed E-state index contributed by atoms with van der Waals surface area (Å²) in [4.78, 5) is 24.8. The van der Waals surface area contributed by atoms with E-state index in [9.17, 15) is 9.59 Å². The second-order valence-corrected chi connectivity index (χ2v) is 6.83. The summed E-state index contributed by atoms with van der Waals surface area (Å²) >= 11 is 0. The summed E-state index contributed by atoms with van der Waals surface area (Å²) in [6, 6.07) is 11.6. The molecule has 2 aromatic carbocycles. The number of nitrogens with one attached hydrogen (secondary N) is 1. The molecule has 156 valence electrons. The van der Waals surface area contributed by atoms with E-state index in [-0.39, 0.29) is 0 Å². The molecule has 1 atom stereocenters. The van der Waals surface area contributed by atoms with E-state index in [4.69, 9.17) is 18.9 Å². The van der Waals surface area contributed by atoms with Crippen molar-refractivity contribution in [2.24, 2.45) is 5.92 Å². The van der Waals surface area contributed by atoms with E-state index in [1.165, 1.54) is 21.1 Å². The molecule has 0 aromatic heterocycles. The first-order chi connectivity index (χ1) is 13.8. The van der Waals surface area contributed by atoms with Gasteiger partial charge >= 0.3 is 5.97 Å². The molecule has 0 saturated heterocycles. The minimum atomic E-state index is -1.00. The first-order valence-electron chi connectivity index (χ1n) is 9.30. The smallest absolute Gasteiger partial charge is 0.338 e. The number of methoxy groups -OCH3 is 2. The maximum atomic E-state index is 12.4. The van der Waals surface area contributed by atoms with Gasteiger partial charge in [-0.2, -0.15) is 0 Å². The van der Waals surface area contributed by atoms with Gasteiger partial charge in [-0.15, -0.1) is 0 Å². The monoisotopic (exact) mass is 401 g/mol. The predicted molar refractivity (Wildman–Crippen MR) is 110 cm³/mol. The van der Waals surface area contributed by atoms with Crippen molar-refractivity contribution < 1.29 is 28.5 Å². The van der Waals surface area contributed by atoms with Gasteiger partial charge in [0.1, 0.15) is 17.2 Å². The minimum Gasteiger partial charge on any atom is -0.497 e. The lowest BCUT2D eigenvalue weighted by molar-refractivity contribution is -0.123. The molecule has 2 aromatic rings. The lowest BCUT2D eigenvalue weighted by Gasteiger charge is -2.16. The second-order valence-electron chi connectivity index (χ2n) is 6.83. The molecule has 0 fully saturated rings. The average molecular weight is 401 g/mol. The largest absolute Gasteiger partial charge is 0.497 e. The van der Waals surface area contributed by atoms with Crippen LogP contribution in [-0.4, -0.2) is 38.8 Å². The molecule has 2 rings (SSSR count). The molecular weight excluding hydrogens is 374 g/mol. The van der Waals surface area contributed by atoms with Crippen LogP contribution >= 0.6 is 0 Å². The summed E-state index contributed by atoms with van der Waals surface area (Å²) < 4.78 is 21.3. The summed E-state index contributed by atoms with van der Waals surface area (Å²) in [6.07, 6.45) is -1.00. The fraction of sp³-hybridized carbons (Fsp3) is 0.364. The number of rotatable bonds is 9. The Labute approximate surface area is 170 Å². The van der Waals surface area contributed by atoms with E-state index in [0.29, 0.717) is 41.0 Å². The quantitative estimate of drug-likeness (QED) is 0.641. The van der Waals surface area contributed by atoms with Gasteiger partial charge in [-0.05, 0) is 49.2 Å². The highest BCUT2D eigenvalue weighted by Gasteiger charge is 2.20. The van der Waals surface area contributed by atoms with Crippen molar-refractivity contribution in [1.29, 1.82) is 0 Å². The van der Waals surface area contributed by atoms with E-state index in [1.807, 2.05) is 0 Å². The van der Waals surface area contributed by atoms with Crippen molar-refractivity contribution in [3.8, 4) is 17.2 Å².